The van der Waals surface area contributed by atoms with Gasteiger partial charge in [0.15, 0.2) is 0 Å². The normalized spacial score (nSPS) is 11.2. The zero-order chi connectivity index (χ0) is 12.2. The Balaban J connectivity index is 2.60. The number of ether oxygens (including phenoxy) is 1. The smallest absolute Gasteiger partial charge is 0.251 e. The van der Waals surface area contributed by atoms with Crippen LogP contribution in [0.1, 0.15) is 24.2 Å². The summed E-state index contributed by atoms with van der Waals surface area (Å²) in [6.07, 6.45) is 0. The lowest BCUT2D eigenvalue weighted by atomic mass is 10.1. The van der Waals surface area contributed by atoms with Crippen molar-refractivity contribution in [2.45, 2.75) is 19.4 Å². The minimum absolute atomic E-state index is 0.141. The number of carbonyl (C=O) groups is 1. The van der Waals surface area contributed by atoms with Crippen LogP contribution in [0.2, 0.25) is 0 Å². The summed E-state index contributed by atoms with van der Waals surface area (Å²) in [6.45, 7) is 4.27. The van der Waals surface area contributed by atoms with Crippen molar-refractivity contribution in [3.63, 3.8) is 0 Å². The number of anilines is 1. The van der Waals surface area contributed by atoms with E-state index in [0.717, 1.165) is 0 Å². The highest BCUT2D eigenvalue weighted by atomic mass is 16.5. The standard InChI is InChI=1S/C12H18N2O2/c1-12(2,16-3)8-14-11(15)9-5-4-6-10(13)7-9/h4-7H,8,13H2,1-3H3,(H,14,15). The van der Waals surface area contributed by atoms with Gasteiger partial charge in [-0.25, -0.2) is 0 Å². The molecule has 4 nitrogen and oxygen atoms in total. The zero-order valence-electron chi connectivity index (χ0n) is 9.91. The number of amides is 1. The molecule has 88 valence electrons. The van der Waals surface area contributed by atoms with Crippen LogP contribution in [-0.2, 0) is 4.74 Å². The maximum absolute atomic E-state index is 11.7. The summed E-state index contributed by atoms with van der Waals surface area (Å²) < 4.78 is 5.21. The molecule has 1 rings (SSSR count). The Morgan fingerprint density at radius 2 is 2.19 bits per heavy atom. The summed E-state index contributed by atoms with van der Waals surface area (Å²) in [4.78, 5) is 11.7. The third-order valence-corrected chi connectivity index (χ3v) is 2.38. The molecule has 0 aliphatic heterocycles. The van der Waals surface area contributed by atoms with Gasteiger partial charge >= 0.3 is 0 Å². The van der Waals surface area contributed by atoms with Gasteiger partial charge < -0.3 is 15.8 Å². The van der Waals surface area contributed by atoms with Gasteiger partial charge in [0.1, 0.15) is 0 Å². The van der Waals surface area contributed by atoms with Crippen LogP contribution in [0.15, 0.2) is 24.3 Å². The second-order valence-corrected chi connectivity index (χ2v) is 4.27. The molecule has 16 heavy (non-hydrogen) atoms. The average molecular weight is 222 g/mol. The van der Waals surface area contributed by atoms with Crippen LogP contribution >= 0.6 is 0 Å². The minimum atomic E-state index is -0.365. The van der Waals surface area contributed by atoms with Crippen LogP contribution in [-0.4, -0.2) is 25.2 Å². The van der Waals surface area contributed by atoms with Gasteiger partial charge in [-0.2, -0.15) is 0 Å². The van der Waals surface area contributed by atoms with Gasteiger partial charge in [0, 0.05) is 24.9 Å². The number of hydrogen-bond donors (Lipinski definition) is 2. The maximum Gasteiger partial charge on any atom is 0.251 e. The molecule has 0 unspecified atom stereocenters. The Morgan fingerprint density at radius 1 is 1.50 bits per heavy atom. The molecule has 0 fully saturated rings. The zero-order valence-corrected chi connectivity index (χ0v) is 9.91. The first-order chi connectivity index (χ1) is 7.44. The molecule has 0 saturated carbocycles. The first-order valence-corrected chi connectivity index (χ1v) is 5.13. The number of methoxy groups -OCH3 is 1. The highest BCUT2D eigenvalue weighted by Crippen LogP contribution is 2.08. The van der Waals surface area contributed by atoms with Crippen LogP contribution in [0.3, 0.4) is 0 Å². The molecular weight excluding hydrogens is 204 g/mol. The molecule has 0 spiro atoms. The summed E-state index contributed by atoms with van der Waals surface area (Å²) >= 11 is 0. The number of nitrogens with one attached hydrogen (secondary N) is 1. The van der Waals surface area contributed by atoms with Crippen molar-refractivity contribution in [1.82, 2.24) is 5.32 Å². The second-order valence-electron chi connectivity index (χ2n) is 4.27. The fourth-order valence-corrected chi connectivity index (χ4v) is 1.15. The number of hydrogen-bond acceptors (Lipinski definition) is 3. The quantitative estimate of drug-likeness (QED) is 0.757. The van der Waals surface area contributed by atoms with Crippen molar-refractivity contribution in [3.05, 3.63) is 29.8 Å². The van der Waals surface area contributed by atoms with E-state index in [0.29, 0.717) is 17.8 Å². The van der Waals surface area contributed by atoms with Crippen LogP contribution in [0.4, 0.5) is 5.69 Å². The predicted octanol–water partition coefficient (Wildman–Crippen LogP) is 1.42. The van der Waals surface area contributed by atoms with Crippen LogP contribution in [0.5, 0.6) is 0 Å². The molecule has 0 radical (unpaired) electrons. The third-order valence-electron chi connectivity index (χ3n) is 2.38. The molecule has 0 aliphatic carbocycles. The lowest BCUT2D eigenvalue weighted by molar-refractivity contribution is 0.0229. The van der Waals surface area contributed by atoms with Gasteiger partial charge in [0.2, 0.25) is 0 Å². The third kappa shape index (κ3) is 3.55. The number of nitrogen functional groups attached to an aromatic ring is 1. The molecule has 0 heterocycles. The van der Waals surface area contributed by atoms with Crippen molar-refractivity contribution in [3.8, 4) is 0 Å². The van der Waals surface area contributed by atoms with E-state index in [1.165, 1.54) is 0 Å². The van der Waals surface area contributed by atoms with Gasteiger partial charge in [0.05, 0.1) is 5.60 Å². The van der Waals surface area contributed by atoms with E-state index in [1.807, 2.05) is 13.8 Å². The summed E-state index contributed by atoms with van der Waals surface area (Å²) in [5.41, 5.74) is 6.38. The van der Waals surface area contributed by atoms with E-state index in [4.69, 9.17) is 10.5 Å². The molecule has 0 aliphatic rings. The lowest BCUT2D eigenvalue weighted by Gasteiger charge is -2.23. The largest absolute Gasteiger partial charge is 0.399 e. The first kappa shape index (κ1) is 12.5. The van der Waals surface area contributed by atoms with Crippen LogP contribution < -0.4 is 11.1 Å². The van der Waals surface area contributed by atoms with E-state index in [9.17, 15) is 4.79 Å². The summed E-state index contributed by atoms with van der Waals surface area (Å²) in [5.74, 6) is -0.141. The van der Waals surface area contributed by atoms with Crippen molar-refractivity contribution >= 4 is 11.6 Å². The predicted molar refractivity (Wildman–Crippen MR) is 64.3 cm³/mol. The summed E-state index contributed by atoms with van der Waals surface area (Å²) in [7, 11) is 1.62. The molecular formula is C12H18N2O2. The van der Waals surface area contributed by atoms with Crippen LogP contribution in [0.25, 0.3) is 0 Å². The van der Waals surface area contributed by atoms with Gasteiger partial charge in [-0.1, -0.05) is 6.07 Å². The van der Waals surface area contributed by atoms with E-state index in [-0.39, 0.29) is 11.5 Å². The molecule has 0 aromatic heterocycles. The molecule has 1 amide bonds. The molecule has 0 saturated heterocycles. The number of rotatable bonds is 4. The molecule has 1 aromatic rings. The number of carbonyl (C=O) groups excluding carboxylic acids is 1. The molecule has 0 bridgehead atoms. The molecule has 0 atom stereocenters. The molecule has 1 aromatic carbocycles. The van der Waals surface area contributed by atoms with Gasteiger partial charge in [-0.15, -0.1) is 0 Å². The van der Waals surface area contributed by atoms with Gasteiger partial charge in [-0.3, -0.25) is 4.79 Å². The first-order valence-electron chi connectivity index (χ1n) is 5.13. The molecule has 3 N–H and O–H groups in total. The Morgan fingerprint density at radius 3 is 2.75 bits per heavy atom. The fraction of sp³-hybridized carbons (Fsp3) is 0.417. The van der Waals surface area contributed by atoms with E-state index < -0.39 is 0 Å². The fourth-order valence-electron chi connectivity index (χ4n) is 1.15. The summed E-state index contributed by atoms with van der Waals surface area (Å²) in [5, 5.41) is 2.80. The highest BCUT2D eigenvalue weighted by molar-refractivity contribution is 5.95. The van der Waals surface area contributed by atoms with Crippen molar-refractivity contribution in [2.24, 2.45) is 0 Å². The topological polar surface area (TPSA) is 64.3 Å². The monoisotopic (exact) mass is 222 g/mol. The lowest BCUT2D eigenvalue weighted by Crippen LogP contribution is -2.39. The maximum atomic E-state index is 11.7. The van der Waals surface area contributed by atoms with Crippen molar-refractivity contribution < 1.29 is 9.53 Å². The van der Waals surface area contributed by atoms with Crippen molar-refractivity contribution in [2.75, 3.05) is 19.4 Å². The van der Waals surface area contributed by atoms with E-state index in [2.05, 4.69) is 5.32 Å². The van der Waals surface area contributed by atoms with E-state index >= 15 is 0 Å². The van der Waals surface area contributed by atoms with Crippen LogP contribution in [0, 0.1) is 0 Å². The van der Waals surface area contributed by atoms with Crippen molar-refractivity contribution in [1.29, 1.82) is 0 Å². The highest BCUT2D eigenvalue weighted by Gasteiger charge is 2.17. The second kappa shape index (κ2) is 4.99. The Bertz CT molecular complexity index is 375. The number of nitrogens with two attached hydrogens (primary N) is 1. The minimum Gasteiger partial charge on any atom is -0.399 e. The summed E-state index contributed by atoms with van der Waals surface area (Å²) in [6, 6.07) is 6.88. The van der Waals surface area contributed by atoms with Gasteiger partial charge in [-0.05, 0) is 32.0 Å². The molecule has 4 heteroatoms. The SMILES string of the molecule is COC(C)(C)CNC(=O)c1cccc(N)c1. The van der Waals surface area contributed by atoms with Gasteiger partial charge in [0.25, 0.3) is 5.91 Å². The number of benzene rings is 1. The van der Waals surface area contributed by atoms with E-state index in [1.54, 1.807) is 31.4 Å². The average Bonchev–Trinajstić information content (AvgIpc) is 2.26. The Kier molecular flexibility index (Phi) is 3.90. The Hall–Kier alpha value is -1.55. The Labute approximate surface area is 95.8 Å².